The number of methoxy groups -OCH3 is 1. The van der Waals surface area contributed by atoms with Crippen LogP contribution in [0.3, 0.4) is 0 Å². The summed E-state index contributed by atoms with van der Waals surface area (Å²) < 4.78 is 23.4. The summed E-state index contributed by atoms with van der Waals surface area (Å²) in [5.74, 6) is -2.50. The third-order valence-electron chi connectivity index (χ3n) is 9.81. The van der Waals surface area contributed by atoms with Crippen LogP contribution in [0, 0.1) is 5.92 Å². The van der Waals surface area contributed by atoms with Gasteiger partial charge in [0.15, 0.2) is 6.79 Å². The molecule has 61 heavy (non-hydrogen) atoms. The molecule has 2 heterocycles. The number of carbonyl (C=O) groups excluding carboxylic acids is 5. The molecule has 3 aromatic rings. The quantitative estimate of drug-likeness (QED) is 0.127. The molecule has 4 atom stereocenters. The fraction of sp³-hybridized carbons (Fsp3) is 0.512. The van der Waals surface area contributed by atoms with Gasteiger partial charge in [-0.3, -0.25) is 24.2 Å². The van der Waals surface area contributed by atoms with Crippen LogP contribution in [0.2, 0.25) is 0 Å². The number of nitrogens with zero attached hydrogens (tertiary/aromatic N) is 4. The van der Waals surface area contributed by atoms with Crippen molar-refractivity contribution in [2.45, 2.75) is 104 Å². The second-order valence-electron chi connectivity index (χ2n) is 16.2. The number of likely N-dealkylation sites (N-methyl/N-ethyl adjacent to an activating group) is 1. The van der Waals surface area contributed by atoms with Crippen LogP contribution in [0.5, 0.6) is 5.75 Å². The van der Waals surface area contributed by atoms with Gasteiger partial charge in [0, 0.05) is 39.9 Å². The summed E-state index contributed by atoms with van der Waals surface area (Å²) in [6.45, 7) is 10.9. The van der Waals surface area contributed by atoms with Gasteiger partial charge in [0.05, 0.1) is 17.7 Å². The third kappa shape index (κ3) is 13.9. The second kappa shape index (κ2) is 21.9. The zero-order valence-electron chi connectivity index (χ0n) is 36.1. The average Bonchev–Trinajstić information content (AvgIpc) is 3.90. The summed E-state index contributed by atoms with van der Waals surface area (Å²) in [4.78, 5) is 84.3. The van der Waals surface area contributed by atoms with E-state index in [1.54, 1.807) is 63.6 Å². The third-order valence-corrected chi connectivity index (χ3v) is 9.81. The Labute approximate surface area is 356 Å². The lowest BCUT2D eigenvalue weighted by atomic mass is 10.0. The standard InChI is InChI=1S/C43H59N7O11/c1-27(2)36(47-37(51)28(3)46-38(52)32-15-12-20-50(32)42(57)61-43(4,5)6)39(53)44-19-18-29-16-17-35(60-26-58-8)33(21-29)49-23-31(45-25-49)22-34(40(54)55)48(7)41(56)59-24-30-13-10-9-11-14-30/h9-11,13-14,16-17,21,23,25,27-28,32,34,36H,12,15,18-20,22,24,26H2,1-8H3,(H,44,53)(H,46,52)(H,47,51)(H,54,55)/t28-,32-,34-,36-/m0/s1. The molecule has 0 saturated carbocycles. The molecule has 0 aliphatic carbocycles. The summed E-state index contributed by atoms with van der Waals surface area (Å²) >= 11 is 0. The highest BCUT2D eigenvalue weighted by molar-refractivity contribution is 5.94. The van der Waals surface area contributed by atoms with Crippen molar-refractivity contribution in [1.29, 1.82) is 0 Å². The summed E-state index contributed by atoms with van der Waals surface area (Å²) in [6.07, 6.45) is 3.11. The normalized spacial score (nSPS) is 15.3. The second-order valence-corrected chi connectivity index (χ2v) is 16.2. The molecule has 0 bridgehead atoms. The molecule has 2 aromatic carbocycles. The number of imidazole rings is 1. The highest BCUT2D eigenvalue weighted by Crippen LogP contribution is 2.26. The number of aliphatic carboxylic acids is 1. The van der Waals surface area contributed by atoms with Gasteiger partial charge in [0.1, 0.15) is 42.1 Å². The van der Waals surface area contributed by atoms with Crippen LogP contribution < -0.4 is 20.7 Å². The number of ether oxygens (including phenoxy) is 4. The minimum Gasteiger partial charge on any atom is -0.480 e. The van der Waals surface area contributed by atoms with E-state index >= 15 is 0 Å². The Bertz CT molecular complexity index is 1980. The first kappa shape index (κ1) is 47.5. The number of carboxylic acid groups (broad SMARTS) is 1. The SMILES string of the molecule is COCOc1ccc(CCNC(=O)[C@@H](NC(=O)[C@H](C)NC(=O)[C@@H]2CCCN2C(=O)OC(C)(C)C)C(C)C)cc1-n1cnc(C[C@@H](C(=O)O)N(C)C(=O)OCc2ccccc2)c1. The van der Waals surface area contributed by atoms with Crippen molar-refractivity contribution >= 4 is 35.9 Å². The number of carboxylic acids is 1. The molecule has 332 valence electrons. The van der Waals surface area contributed by atoms with Gasteiger partial charge < -0.3 is 44.6 Å². The van der Waals surface area contributed by atoms with E-state index in [4.69, 9.17) is 18.9 Å². The summed E-state index contributed by atoms with van der Waals surface area (Å²) in [5, 5.41) is 18.3. The summed E-state index contributed by atoms with van der Waals surface area (Å²) in [6, 6.07) is 10.5. The van der Waals surface area contributed by atoms with Gasteiger partial charge in [-0.1, -0.05) is 50.2 Å². The molecule has 4 rings (SSSR count). The van der Waals surface area contributed by atoms with Gasteiger partial charge in [-0.05, 0) is 76.1 Å². The molecule has 5 amide bonds. The van der Waals surface area contributed by atoms with Crippen LogP contribution in [-0.2, 0) is 52.8 Å². The van der Waals surface area contributed by atoms with Crippen LogP contribution in [-0.4, -0.2) is 124 Å². The van der Waals surface area contributed by atoms with Crippen LogP contribution in [0.25, 0.3) is 5.69 Å². The molecule has 0 spiro atoms. The lowest BCUT2D eigenvalue weighted by molar-refractivity contribution is -0.142. The molecule has 4 N–H and O–H groups in total. The van der Waals surface area contributed by atoms with Crippen molar-refractivity contribution in [3.8, 4) is 11.4 Å². The number of hydrogen-bond donors (Lipinski definition) is 4. The number of aromatic nitrogens is 2. The number of carbonyl (C=O) groups is 6. The minimum absolute atomic E-state index is 0.00923. The molecule has 1 aromatic heterocycles. The maximum absolute atomic E-state index is 13.4. The van der Waals surface area contributed by atoms with E-state index in [1.807, 2.05) is 30.3 Å². The van der Waals surface area contributed by atoms with Crippen LogP contribution in [0.15, 0.2) is 61.1 Å². The van der Waals surface area contributed by atoms with E-state index in [-0.39, 0.29) is 32.3 Å². The first-order chi connectivity index (χ1) is 28.9. The summed E-state index contributed by atoms with van der Waals surface area (Å²) in [7, 11) is 2.85. The monoisotopic (exact) mass is 849 g/mol. The van der Waals surface area contributed by atoms with Crippen molar-refractivity contribution in [1.82, 2.24) is 35.3 Å². The van der Waals surface area contributed by atoms with Gasteiger partial charge in [-0.25, -0.2) is 19.4 Å². The topological polar surface area (TPSA) is 220 Å². The van der Waals surface area contributed by atoms with Crippen LogP contribution in [0.4, 0.5) is 9.59 Å². The molecule has 1 fully saturated rings. The fourth-order valence-electron chi connectivity index (χ4n) is 6.51. The first-order valence-corrected chi connectivity index (χ1v) is 20.2. The van der Waals surface area contributed by atoms with Crippen molar-refractivity contribution in [2.75, 3.05) is 34.0 Å². The zero-order chi connectivity index (χ0) is 44.9. The van der Waals surface area contributed by atoms with E-state index in [0.717, 1.165) is 16.0 Å². The predicted octanol–water partition coefficient (Wildman–Crippen LogP) is 3.82. The number of hydrogen-bond acceptors (Lipinski definition) is 11. The number of rotatable bonds is 19. The molecular formula is C43H59N7O11. The number of amides is 5. The van der Waals surface area contributed by atoms with E-state index in [0.29, 0.717) is 42.9 Å². The molecule has 18 heteroatoms. The lowest BCUT2D eigenvalue weighted by Crippen LogP contribution is -2.56. The maximum Gasteiger partial charge on any atom is 0.410 e. The van der Waals surface area contributed by atoms with E-state index < -0.39 is 65.6 Å². The molecular weight excluding hydrogens is 791 g/mol. The Morgan fingerprint density at radius 2 is 1.70 bits per heavy atom. The van der Waals surface area contributed by atoms with Crippen LogP contribution >= 0.6 is 0 Å². The maximum atomic E-state index is 13.4. The number of nitrogens with one attached hydrogen (secondary N) is 3. The largest absolute Gasteiger partial charge is 0.480 e. The Kier molecular flexibility index (Phi) is 17.1. The number of benzene rings is 2. The van der Waals surface area contributed by atoms with Crippen molar-refractivity contribution in [3.05, 3.63) is 77.9 Å². The summed E-state index contributed by atoms with van der Waals surface area (Å²) in [5.41, 5.74) is 1.81. The molecule has 18 nitrogen and oxygen atoms in total. The van der Waals surface area contributed by atoms with Gasteiger partial charge in [0.2, 0.25) is 17.7 Å². The Morgan fingerprint density at radius 1 is 0.984 bits per heavy atom. The van der Waals surface area contributed by atoms with E-state index in [9.17, 15) is 33.9 Å². The lowest BCUT2D eigenvalue weighted by Gasteiger charge is -2.29. The molecule has 0 radical (unpaired) electrons. The Balaban J connectivity index is 1.36. The smallest absolute Gasteiger partial charge is 0.410 e. The van der Waals surface area contributed by atoms with Crippen molar-refractivity contribution in [3.63, 3.8) is 0 Å². The predicted molar refractivity (Wildman–Crippen MR) is 223 cm³/mol. The molecule has 1 aliphatic rings. The Morgan fingerprint density at radius 3 is 2.36 bits per heavy atom. The van der Waals surface area contributed by atoms with E-state index in [2.05, 4.69) is 20.9 Å². The molecule has 1 saturated heterocycles. The van der Waals surface area contributed by atoms with Crippen LogP contribution in [0.1, 0.15) is 71.2 Å². The first-order valence-electron chi connectivity index (χ1n) is 20.2. The minimum atomic E-state index is -1.26. The molecule has 0 unspecified atom stereocenters. The van der Waals surface area contributed by atoms with Crippen molar-refractivity contribution < 1.29 is 52.8 Å². The van der Waals surface area contributed by atoms with Gasteiger partial charge in [0.25, 0.3) is 0 Å². The fourth-order valence-corrected chi connectivity index (χ4v) is 6.51. The highest BCUT2D eigenvalue weighted by Gasteiger charge is 2.38. The number of likely N-dealkylation sites (tertiary alicyclic amines) is 1. The van der Waals surface area contributed by atoms with Gasteiger partial charge in [-0.2, -0.15) is 0 Å². The Hall–Kier alpha value is -6.17. The molecule has 1 aliphatic heterocycles. The van der Waals surface area contributed by atoms with E-state index in [1.165, 1.54) is 32.3 Å². The highest BCUT2D eigenvalue weighted by atomic mass is 16.7. The van der Waals surface area contributed by atoms with Gasteiger partial charge >= 0.3 is 18.2 Å². The van der Waals surface area contributed by atoms with Crippen molar-refractivity contribution in [2.24, 2.45) is 5.92 Å². The average molecular weight is 850 g/mol. The zero-order valence-corrected chi connectivity index (χ0v) is 36.1. The van der Waals surface area contributed by atoms with Gasteiger partial charge in [-0.15, -0.1) is 0 Å².